The van der Waals surface area contributed by atoms with Crippen LogP contribution < -0.4 is 4.90 Å². The molecule has 1 aliphatic heterocycles. The first-order chi connectivity index (χ1) is 16.1. The van der Waals surface area contributed by atoms with Crippen molar-refractivity contribution >= 4 is 17.4 Å². The summed E-state index contributed by atoms with van der Waals surface area (Å²) in [5, 5.41) is 14.8. The van der Waals surface area contributed by atoms with Crippen LogP contribution in [0.4, 0.5) is 19.0 Å². The van der Waals surface area contributed by atoms with E-state index in [1.165, 1.54) is 0 Å². The summed E-state index contributed by atoms with van der Waals surface area (Å²) in [6.07, 6.45) is 1.50. The monoisotopic (exact) mass is 478 g/mol. The number of hydrogen-bond donors (Lipinski definition) is 1. The summed E-state index contributed by atoms with van der Waals surface area (Å²) in [6, 6.07) is 1.95. The van der Waals surface area contributed by atoms with Crippen LogP contribution in [0, 0.1) is 11.3 Å². The number of hydrogen-bond acceptors (Lipinski definition) is 4. The molecule has 9 heteroatoms. The molecule has 0 unspecified atom stereocenters. The van der Waals surface area contributed by atoms with E-state index in [9.17, 15) is 23.1 Å². The average molecular weight is 479 g/mol. The Bertz CT molecular complexity index is 1090. The minimum Gasteiger partial charge on any atom is -0.481 e. The summed E-state index contributed by atoms with van der Waals surface area (Å²) >= 11 is 0. The molecule has 3 heterocycles. The molecule has 186 valence electrons. The van der Waals surface area contributed by atoms with Crippen LogP contribution in [-0.2, 0) is 11.2 Å². The number of anilines is 1. The Labute approximate surface area is 197 Å². The minimum absolute atomic E-state index is 0.00626. The molecule has 2 aliphatic carbocycles. The van der Waals surface area contributed by atoms with Crippen molar-refractivity contribution in [2.24, 2.45) is 11.3 Å². The molecular formula is C25H33F3N4O2. The second-order valence-corrected chi connectivity index (χ2v) is 10.9. The lowest BCUT2D eigenvalue weighted by Gasteiger charge is -2.40. The van der Waals surface area contributed by atoms with Gasteiger partial charge in [-0.15, -0.1) is 0 Å². The van der Waals surface area contributed by atoms with E-state index in [4.69, 9.17) is 10.1 Å². The number of alkyl halides is 3. The third-order valence-electron chi connectivity index (χ3n) is 8.38. The number of aryl methyl sites for hydroxylation is 1. The Morgan fingerprint density at radius 2 is 1.91 bits per heavy atom. The maximum atomic E-state index is 13.1. The molecule has 0 aromatic carbocycles. The number of halogens is 3. The van der Waals surface area contributed by atoms with Gasteiger partial charge in [0, 0.05) is 30.6 Å². The van der Waals surface area contributed by atoms with Crippen LogP contribution in [0.3, 0.4) is 0 Å². The predicted molar refractivity (Wildman–Crippen MR) is 122 cm³/mol. The highest BCUT2D eigenvalue weighted by atomic mass is 19.4. The molecule has 1 saturated carbocycles. The molecule has 0 radical (unpaired) electrons. The standard InChI is InChI=1S/C25H33F3N4O2/c1-15-5-3-6-18-21(15)22(31-12-4-11-24(2,14-31)23(33)34)32-20(29-18)13-19(30-32)16-7-9-17(10-8-16)25(26,27)28/h13,15-17H,3-12,14H2,1-2H3,(H,33,34)/t15-,16-,17-,24-/m1/s1. The summed E-state index contributed by atoms with van der Waals surface area (Å²) in [5.74, 6) is -0.775. The fourth-order valence-corrected chi connectivity index (χ4v) is 6.30. The highest BCUT2D eigenvalue weighted by Crippen LogP contribution is 2.44. The van der Waals surface area contributed by atoms with Gasteiger partial charge in [0.05, 0.1) is 22.7 Å². The number of aliphatic carboxylic acids is 1. The first-order valence-corrected chi connectivity index (χ1v) is 12.5. The molecule has 1 N–H and O–H groups in total. The van der Waals surface area contributed by atoms with Gasteiger partial charge in [-0.25, -0.2) is 4.98 Å². The number of nitrogens with zero attached hydrogens (tertiary/aromatic N) is 4. The zero-order valence-corrected chi connectivity index (χ0v) is 19.9. The Kier molecular flexibility index (Phi) is 5.80. The van der Waals surface area contributed by atoms with E-state index in [0.717, 1.165) is 60.6 Å². The van der Waals surface area contributed by atoms with Crippen molar-refractivity contribution in [1.82, 2.24) is 14.6 Å². The molecule has 2 aromatic rings. The number of aromatic nitrogens is 3. The largest absolute Gasteiger partial charge is 0.481 e. The van der Waals surface area contributed by atoms with Crippen LogP contribution in [0.2, 0.25) is 0 Å². The Morgan fingerprint density at radius 1 is 1.18 bits per heavy atom. The molecule has 34 heavy (non-hydrogen) atoms. The normalized spacial score (nSPS) is 30.4. The molecule has 2 aromatic heterocycles. The van der Waals surface area contributed by atoms with Crippen LogP contribution in [0.15, 0.2) is 6.07 Å². The van der Waals surface area contributed by atoms with Crippen molar-refractivity contribution in [1.29, 1.82) is 0 Å². The van der Waals surface area contributed by atoms with E-state index in [2.05, 4.69) is 11.8 Å². The zero-order valence-electron chi connectivity index (χ0n) is 19.9. The highest BCUT2D eigenvalue weighted by molar-refractivity contribution is 5.76. The summed E-state index contributed by atoms with van der Waals surface area (Å²) in [6.45, 7) is 5.17. The Balaban J connectivity index is 1.55. The maximum absolute atomic E-state index is 13.1. The van der Waals surface area contributed by atoms with Crippen LogP contribution in [-0.4, -0.2) is 44.9 Å². The summed E-state index contributed by atoms with van der Waals surface area (Å²) in [5.41, 5.74) is 2.91. The van der Waals surface area contributed by atoms with Gasteiger partial charge in [-0.2, -0.15) is 22.8 Å². The first kappa shape index (κ1) is 23.4. The summed E-state index contributed by atoms with van der Waals surface area (Å²) in [4.78, 5) is 19.1. The van der Waals surface area contributed by atoms with E-state index in [1.807, 2.05) is 17.5 Å². The van der Waals surface area contributed by atoms with E-state index in [1.54, 1.807) is 0 Å². The average Bonchev–Trinajstić information content (AvgIpc) is 3.21. The number of fused-ring (bicyclic) bond motifs is 2. The lowest BCUT2D eigenvalue weighted by atomic mass is 9.80. The van der Waals surface area contributed by atoms with Crippen molar-refractivity contribution in [3.8, 4) is 0 Å². The van der Waals surface area contributed by atoms with Crippen molar-refractivity contribution in [2.45, 2.75) is 89.6 Å². The van der Waals surface area contributed by atoms with Gasteiger partial charge in [0.25, 0.3) is 0 Å². The van der Waals surface area contributed by atoms with Gasteiger partial charge in [0.1, 0.15) is 5.82 Å². The van der Waals surface area contributed by atoms with E-state index in [0.29, 0.717) is 31.7 Å². The van der Waals surface area contributed by atoms with E-state index < -0.39 is 23.5 Å². The molecule has 3 aliphatic rings. The predicted octanol–water partition coefficient (Wildman–Crippen LogP) is 5.70. The molecule has 6 nitrogen and oxygen atoms in total. The second kappa shape index (κ2) is 8.41. The van der Waals surface area contributed by atoms with Gasteiger partial charge in [0.15, 0.2) is 5.65 Å². The van der Waals surface area contributed by atoms with Crippen LogP contribution in [0.1, 0.15) is 94.0 Å². The number of carboxylic acid groups (broad SMARTS) is 1. The number of carboxylic acids is 1. The van der Waals surface area contributed by atoms with E-state index in [-0.39, 0.29) is 18.8 Å². The minimum atomic E-state index is -4.13. The van der Waals surface area contributed by atoms with Gasteiger partial charge < -0.3 is 10.0 Å². The molecular weight excluding hydrogens is 445 g/mol. The quantitative estimate of drug-likeness (QED) is 0.613. The number of piperidine rings is 1. The molecule has 2 fully saturated rings. The van der Waals surface area contributed by atoms with Gasteiger partial charge in [-0.1, -0.05) is 6.92 Å². The molecule has 5 rings (SSSR count). The topological polar surface area (TPSA) is 70.7 Å². The summed E-state index contributed by atoms with van der Waals surface area (Å²) < 4.78 is 41.3. The SMILES string of the molecule is C[C@@H]1CCCc2nc3cc([C@H]4CC[C@H](C(F)(F)F)CC4)nn3c(N3CCC[C@@](C)(C(=O)O)C3)c21. The maximum Gasteiger partial charge on any atom is 0.391 e. The Morgan fingerprint density at radius 3 is 2.59 bits per heavy atom. The fourth-order valence-electron chi connectivity index (χ4n) is 6.30. The van der Waals surface area contributed by atoms with Gasteiger partial charge in [-0.3, -0.25) is 4.79 Å². The molecule has 0 amide bonds. The van der Waals surface area contributed by atoms with Crippen LogP contribution >= 0.6 is 0 Å². The smallest absolute Gasteiger partial charge is 0.391 e. The van der Waals surface area contributed by atoms with Crippen LogP contribution in [0.25, 0.3) is 5.65 Å². The van der Waals surface area contributed by atoms with Gasteiger partial charge in [0.2, 0.25) is 0 Å². The van der Waals surface area contributed by atoms with Crippen molar-refractivity contribution in [3.63, 3.8) is 0 Å². The Hall–Kier alpha value is -2.32. The lowest BCUT2D eigenvalue weighted by molar-refractivity contribution is -0.182. The molecule has 2 atom stereocenters. The van der Waals surface area contributed by atoms with Crippen LogP contribution in [0.5, 0.6) is 0 Å². The number of rotatable bonds is 3. The first-order valence-electron chi connectivity index (χ1n) is 12.5. The van der Waals surface area contributed by atoms with Crippen molar-refractivity contribution < 1.29 is 23.1 Å². The molecule has 0 spiro atoms. The highest BCUT2D eigenvalue weighted by Gasteiger charge is 2.43. The lowest BCUT2D eigenvalue weighted by Crippen LogP contribution is -2.47. The van der Waals surface area contributed by atoms with Crippen molar-refractivity contribution in [3.05, 3.63) is 23.0 Å². The zero-order chi connectivity index (χ0) is 24.3. The van der Waals surface area contributed by atoms with Gasteiger partial charge in [-0.05, 0) is 70.6 Å². The third-order valence-corrected chi connectivity index (χ3v) is 8.38. The summed E-state index contributed by atoms with van der Waals surface area (Å²) in [7, 11) is 0. The second-order valence-electron chi connectivity index (χ2n) is 10.9. The van der Waals surface area contributed by atoms with E-state index >= 15 is 0 Å². The van der Waals surface area contributed by atoms with Gasteiger partial charge >= 0.3 is 12.1 Å². The molecule has 1 saturated heterocycles. The number of carbonyl (C=O) groups is 1. The third kappa shape index (κ3) is 4.05. The fraction of sp³-hybridized carbons (Fsp3) is 0.720. The molecule has 0 bridgehead atoms. The van der Waals surface area contributed by atoms with Crippen molar-refractivity contribution in [2.75, 3.05) is 18.0 Å².